The number of aryl methyl sites for hydroxylation is 1. The van der Waals surface area contributed by atoms with Gasteiger partial charge in [0.2, 0.25) is 11.8 Å². The number of rotatable bonds is 5. The molecule has 1 fully saturated rings. The summed E-state index contributed by atoms with van der Waals surface area (Å²) < 4.78 is 4.77. The van der Waals surface area contributed by atoms with Gasteiger partial charge in [0.1, 0.15) is 6.61 Å². The maximum Gasteiger partial charge on any atom is 0.250 e. The Kier molecular flexibility index (Phi) is 4.74. The normalized spacial score (nSPS) is 14.5. The van der Waals surface area contributed by atoms with Crippen LogP contribution in [-0.4, -0.2) is 25.5 Å². The third kappa shape index (κ3) is 3.57. The molecule has 2 rings (SSSR count). The molecule has 1 aromatic carbocycles. The number of benzene rings is 1. The molecule has 0 bridgehead atoms. The fourth-order valence-electron chi connectivity index (χ4n) is 2.11. The zero-order valence-electron chi connectivity index (χ0n) is 11.9. The van der Waals surface area contributed by atoms with Crippen molar-refractivity contribution in [1.29, 1.82) is 0 Å². The summed E-state index contributed by atoms with van der Waals surface area (Å²) in [6.45, 7) is 1.92. The molecule has 2 N–H and O–H groups in total. The van der Waals surface area contributed by atoms with E-state index in [0.29, 0.717) is 0 Å². The van der Waals surface area contributed by atoms with Crippen LogP contribution in [0.5, 0.6) is 0 Å². The summed E-state index contributed by atoms with van der Waals surface area (Å²) in [5, 5.41) is 5.67. The molecule has 0 spiro atoms. The van der Waals surface area contributed by atoms with E-state index >= 15 is 0 Å². The zero-order chi connectivity index (χ0) is 14.5. The van der Waals surface area contributed by atoms with E-state index < -0.39 is 0 Å². The van der Waals surface area contributed by atoms with Crippen LogP contribution in [0.4, 0.5) is 11.4 Å². The fourth-order valence-corrected chi connectivity index (χ4v) is 2.11. The fraction of sp³-hybridized carbons (Fsp3) is 0.467. The van der Waals surface area contributed by atoms with Crippen molar-refractivity contribution < 1.29 is 14.3 Å². The van der Waals surface area contributed by atoms with Gasteiger partial charge in [-0.3, -0.25) is 9.59 Å². The first-order chi connectivity index (χ1) is 9.60. The van der Waals surface area contributed by atoms with Crippen molar-refractivity contribution in [2.24, 2.45) is 5.92 Å². The number of hydrogen-bond donors (Lipinski definition) is 2. The van der Waals surface area contributed by atoms with Crippen LogP contribution in [-0.2, 0) is 14.3 Å². The second-order valence-corrected chi connectivity index (χ2v) is 5.13. The molecular formula is C15H20N2O3. The van der Waals surface area contributed by atoms with Crippen LogP contribution < -0.4 is 10.6 Å². The standard InChI is InChI=1S/C15H20N2O3/c1-10-8-12(16-15(19)11-4-3-5-11)6-7-13(10)17-14(18)9-20-2/h6-8,11H,3-5,9H2,1-2H3,(H,16,19)(H,17,18). The highest BCUT2D eigenvalue weighted by molar-refractivity contribution is 5.95. The Hall–Kier alpha value is -1.88. The molecule has 0 heterocycles. The third-order valence-corrected chi connectivity index (χ3v) is 3.52. The summed E-state index contributed by atoms with van der Waals surface area (Å²) in [5.74, 6) is 0.0602. The molecule has 0 atom stereocenters. The van der Waals surface area contributed by atoms with Gasteiger partial charge in [-0.2, -0.15) is 0 Å². The number of nitrogens with one attached hydrogen (secondary N) is 2. The number of carbonyl (C=O) groups excluding carboxylic acids is 2. The number of methoxy groups -OCH3 is 1. The van der Waals surface area contributed by atoms with Gasteiger partial charge in [0.15, 0.2) is 0 Å². The Morgan fingerprint density at radius 2 is 2.05 bits per heavy atom. The maximum absolute atomic E-state index is 11.9. The molecule has 108 valence electrons. The predicted molar refractivity (Wildman–Crippen MR) is 77.7 cm³/mol. The first-order valence-electron chi connectivity index (χ1n) is 6.80. The molecule has 0 aliphatic heterocycles. The average Bonchev–Trinajstić information content (AvgIpc) is 2.30. The van der Waals surface area contributed by atoms with Gasteiger partial charge in [0.25, 0.3) is 0 Å². The molecule has 0 saturated heterocycles. The summed E-state index contributed by atoms with van der Waals surface area (Å²) in [6, 6.07) is 5.45. The summed E-state index contributed by atoms with van der Waals surface area (Å²) >= 11 is 0. The number of carbonyl (C=O) groups is 2. The molecule has 5 nitrogen and oxygen atoms in total. The number of amides is 2. The molecule has 0 unspecified atom stereocenters. The van der Waals surface area contributed by atoms with Crippen molar-refractivity contribution in [1.82, 2.24) is 0 Å². The highest BCUT2D eigenvalue weighted by Crippen LogP contribution is 2.28. The molecule has 20 heavy (non-hydrogen) atoms. The zero-order valence-corrected chi connectivity index (χ0v) is 11.9. The van der Waals surface area contributed by atoms with Crippen LogP contribution in [0.15, 0.2) is 18.2 Å². The molecule has 1 aromatic rings. The summed E-state index contributed by atoms with van der Waals surface area (Å²) in [6.07, 6.45) is 3.10. The van der Waals surface area contributed by atoms with Crippen LogP contribution in [0.3, 0.4) is 0 Å². The van der Waals surface area contributed by atoms with E-state index in [2.05, 4.69) is 10.6 Å². The van der Waals surface area contributed by atoms with E-state index in [0.717, 1.165) is 36.2 Å². The van der Waals surface area contributed by atoms with Gasteiger partial charge in [-0.1, -0.05) is 6.42 Å². The van der Waals surface area contributed by atoms with Gasteiger partial charge in [-0.05, 0) is 43.5 Å². The van der Waals surface area contributed by atoms with Crippen molar-refractivity contribution in [2.45, 2.75) is 26.2 Å². The topological polar surface area (TPSA) is 67.4 Å². The van der Waals surface area contributed by atoms with E-state index in [9.17, 15) is 9.59 Å². The second kappa shape index (κ2) is 6.52. The van der Waals surface area contributed by atoms with Crippen molar-refractivity contribution in [3.63, 3.8) is 0 Å². The molecular weight excluding hydrogens is 256 g/mol. The second-order valence-electron chi connectivity index (χ2n) is 5.13. The van der Waals surface area contributed by atoms with Crippen molar-refractivity contribution >= 4 is 23.2 Å². The smallest absolute Gasteiger partial charge is 0.250 e. The molecule has 1 saturated carbocycles. The van der Waals surface area contributed by atoms with Crippen LogP contribution in [0.2, 0.25) is 0 Å². The quantitative estimate of drug-likeness (QED) is 0.867. The minimum atomic E-state index is -0.193. The highest BCUT2D eigenvalue weighted by atomic mass is 16.5. The van der Waals surface area contributed by atoms with Gasteiger partial charge in [0.05, 0.1) is 0 Å². The SMILES string of the molecule is COCC(=O)Nc1ccc(NC(=O)C2CCC2)cc1C. The van der Waals surface area contributed by atoms with Crippen molar-refractivity contribution in [3.05, 3.63) is 23.8 Å². The lowest BCUT2D eigenvalue weighted by molar-refractivity contribution is -0.122. The lowest BCUT2D eigenvalue weighted by Crippen LogP contribution is -2.28. The Labute approximate surface area is 118 Å². The highest BCUT2D eigenvalue weighted by Gasteiger charge is 2.25. The van der Waals surface area contributed by atoms with Gasteiger partial charge in [0, 0.05) is 24.4 Å². The molecule has 0 radical (unpaired) electrons. The summed E-state index contributed by atoms with van der Waals surface area (Å²) in [5.41, 5.74) is 2.40. The van der Waals surface area contributed by atoms with Gasteiger partial charge < -0.3 is 15.4 Å². The van der Waals surface area contributed by atoms with Gasteiger partial charge in [-0.25, -0.2) is 0 Å². The van der Waals surface area contributed by atoms with Crippen LogP contribution in [0.1, 0.15) is 24.8 Å². The minimum Gasteiger partial charge on any atom is -0.375 e. The number of anilines is 2. The Balaban J connectivity index is 1.97. The van der Waals surface area contributed by atoms with E-state index in [-0.39, 0.29) is 24.3 Å². The number of hydrogen-bond acceptors (Lipinski definition) is 3. The lowest BCUT2D eigenvalue weighted by atomic mass is 9.85. The van der Waals surface area contributed by atoms with E-state index in [1.165, 1.54) is 7.11 Å². The monoisotopic (exact) mass is 276 g/mol. The summed E-state index contributed by atoms with van der Waals surface area (Å²) in [4.78, 5) is 23.3. The first-order valence-corrected chi connectivity index (χ1v) is 6.80. The van der Waals surface area contributed by atoms with E-state index in [1.54, 1.807) is 12.1 Å². The Morgan fingerprint density at radius 3 is 2.60 bits per heavy atom. The molecule has 1 aliphatic carbocycles. The minimum absolute atomic E-state index is 0.0274. The predicted octanol–water partition coefficient (Wildman–Crippen LogP) is 2.32. The maximum atomic E-state index is 11.9. The van der Waals surface area contributed by atoms with Crippen molar-refractivity contribution in [3.8, 4) is 0 Å². The molecule has 1 aliphatic rings. The average molecular weight is 276 g/mol. The van der Waals surface area contributed by atoms with Crippen LogP contribution >= 0.6 is 0 Å². The number of ether oxygens (including phenoxy) is 1. The Morgan fingerprint density at radius 1 is 1.30 bits per heavy atom. The largest absolute Gasteiger partial charge is 0.375 e. The summed E-state index contributed by atoms with van der Waals surface area (Å²) in [7, 11) is 1.48. The molecule has 5 heteroatoms. The van der Waals surface area contributed by atoms with Crippen LogP contribution in [0.25, 0.3) is 0 Å². The van der Waals surface area contributed by atoms with Crippen molar-refractivity contribution in [2.75, 3.05) is 24.4 Å². The molecule has 0 aromatic heterocycles. The Bertz CT molecular complexity index is 510. The van der Waals surface area contributed by atoms with Gasteiger partial charge in [-0.15, -0.1) is 0 Å². The lowest BCUT2D eigenvalue weighted by Gasteiger charge is -2.24. The van der Waals surface area contributed by atoms with E-state index in [4.69, 9.17) is 4.74 Å². The van der Waals surface area contributed by atoms with Gasteiger partial charge >= 0.3 is 0 Å². The van der Waals surface area contributed by atoms with E-state index in [1.807, 2.05) is 13.0 Å². The third-order valence-electron chi connectivity index (χ3n) is 3.52. The first kappa shape index (κ1) is 14.5. The molecule has 2 amide bonds. The van der Waals surface area contributed by atoms with Crippen LogP contribution in [0, 0.1) is 12.8 Å².